The number of carboxylic acids is 1. The van der Waals surface area contributed by atoms with Crippen molar-refractivity contribution in [2.24, 2.45) is 7.05 Å². The van der Waals surface area contributed by atoms with E-state index < -0.39 is 5.97 Å². The number of carboxylic acid groups (broad SMARTS) is 1. The topological polar surface area (TPSA) is 85.8 Å². The summed E-state index contributed by atoms with van der Waals surface area (Å²) in [6.45, 7) is 3.87. The summed E-state index contributed by atoms with van der Waals surface area (Å²) in [5.74, 6) is -1.06. The van der Waals surface area contributed by atoms with Crippen molar-refractivity contribution in [2.45, 2.75) is 26.7 Å². The fourth-order valence-electron chi connectivity index (χ4n) is 1.93. The van der Waals surface area contributed by atoms with Gasteiger partial charge in [-0.05, 0) is 12.8 Å². The van der Waals surface area contributed by atoms with Crippen LogP contribution in [-0.2, 0) is 19.9 Å². The van der Waals surface area contributed by atoms with Gasteiger partial charge in [0.25, 0.3) is 0 Å². The Balaban J connectivity index is 2.60. The zero-order chi connectivity index (χ0) is 13.3. The van der Waals surface area contributed by atoms with Gasteiger partial charge in [-0.15, -0.1) is 5.10 Å². The van der Waals surface area contributed by atoms with Crippen LogP contribution in [0, 0.1) is 0 Å². The molecule has 1 N–H and O–H groups in total. The van der Waals surface area contributed by atoms with Crippen LogP contribution in [0.3, 0.4) is 0 Å². The summed E-state index contributed by atoms with van der Waals surface area (Å²) in [5.41, 5.74) is 2.25. The van der Waals surface area contributed by atoms with E-state index in [4.69, 9.17) is 5.11 Å². The highest BCUT2D eigenvalue weighted by atomic mass is 16.4. The third-order valence-corrected chi connectivity index (χ3v) is 2.75. The van der Waals surface area contributed by atoms with E-state index in [-0.39, 0.29) is 5.69 Å². The molecule has 7 nitrogen and oxygen atoms in total. The summed E-state index contributed by atoms with van der Waals surface area (Å²) in [5, 5.41) is 21.0. The highest BCUT2D eigenvalue weighted by molar-refractivity contribution is 5.86. The van der Waals surface area contributed by atoms with E-state index in [0.717, 1.165) is 17.8 Å². The van der Waals surface area contributed by atoms with Crippen molar-refractivity contribution in [1.29, 1.82) is 0 Å². The predicted molar refractivity (Wildman–Crippen MR) is 63.8 cm³/mol. The lowest BCUT2D eigenvalue weighted by molar-refractivity contribution is 0.0689. The first-order valence-corrected chi connectivity index (χ1v) is 5.79. The molecule has 0 spiro atoms. The van der Waals surface area contributed by atoms with Crippen LogP contribution in [0.5, 0.6) is 0 Å². The number of hydrogen-bond donors (Lipinski definition) is 1. The van der Waals surface area contributed by atoms with Gasteiger partial charge in [-0.3, -0.25) is 4.68 Å². The number of aromatic nitrogens is 5. The molecule has 2 heterocycles. The molecule has 96 valence electrons. The molecular formula is C11H15N5O2. The number of carbonyl (C=O) groups is 1. The molecule has 0 radical (unpaired) electrons. The van der Waals surface area contributed by atoms with Crippen LogP contribution in [0.1, 0.15) is 35.7 Å². The molecule has 0 aliphatic carbocycles. The summed E-state index contributed by atoms with van der Waals surface area (Å²) in [6, 6.07) is 0. The zero-order valence-electron chi connectivity index (χ0n) is 10.6. The van der Waals surface area contributed by atoms with E-state index in [0.29, 0.717) is 12.1 Å². The van der Waals surface area contributed by atoms with Crippen molar-refractivity contribution in [2.75, 3.05) is 0 Å². The molecule has 0 saturated carbocycles. The maximum Gasteiger partial charge on any atom is 0.358 e. The monoisotopic (exact) mass is 249 g/mol. The van der Waals surface area contributed by atoms with Crippen molar-refractivity contribution in [1.82, 2.24) is 24.8 Å². The molecule has 0 amide bonds. The Morgan fingerprint density at radius 1 is 1.39 bits per heavy atom. The fourth-order valence-corrected chi connectivity index (χ4v) is 1.93. The highest BCUT2D eigenvalue weighted by Gasteiger charge is 2.20. The van der Waals surface area contributed by atoms with E-state index in [1.165, 1.54) is 0 Å². The molecule has 2 aromatic rings. The third kappa shape index (κ3) is 1.87. The van der Waals surface area contributed by atoms with Gasteiger partial charge in [-0.25, -0.2) is 9.48 Å². The van der Waals surface area contributed by atoms with Crippen molar-refractivity contribution in [3.8, 4) is 5.69 Å². The van der Waals surface area contributed by atoms with E-state index in [2.05, 4.69) is 15.4 Å². The van der Waals surface area contributed by atoms with Crippen molar-refractivity contribution in [3.63, 3.8) is 0 Å². The number of aryl methyl sites for hydroxylation is 2. The Morgan fingerprint density at radius 3 is 2.67 bits per heavy atom. The minimum absolute atomic E-state index is 0.00315. The van der Waals surface area contributed by atoms with Gasteiger partial charge in [-0.1, -0.05) is 19.1 Å². The molecule has 0 atom stereocenters. The lowest BCUT2D eigenvalue weighted by Gasteiger charge is -2.03. The lowest BCUT2D eigenvalue weighted by atomic mass is 10.2. The van der Waals surface area contributed by atoms with Crippen LogP contribution >= 0.6 is 0 Å². The Hall–Kier alpha value is -2.18. The average molecular weight is 249 g/mol. The standard InChI is InChI=1S/C11H15N5O2/c1-4-7-9(6-15(3)13-7)16-8(5-2)10(11(17)18)12-14-16/h6H,4-5H2,1-3H3,(H,17,18). The third-order valence-electron chi connectivity index (χ3n) is 2.75. The molecule has 7 heteroatoms. The minimum atomic E-state index is -1.06. The number of rotatable bonds is 4. The second-order valence-corrected chi connectivity index (χ2v) is 3.94. The summed E-state index contributed by atoms with van der Waals surface area (Å²) in [4.78, 5) is 11.0. The van der Waals surface area contributed by atoms with Crippen LogP contribution < -0.4 is 0 Å². The first-order valence-electron chi connectivity index (χ1n) is 5.79. The summed E-state index contributed by atoms with van der Waals surface area (Å²) >= 11 is 0. The molecule has 0 bridgehead atoms. The molecule has 0 aliphatic rings. The Bertz CT molecular complexity index is 584. The average Bonchev–Trinajstić information content (AvgIpc) is 2.90. The summed E-state index contributed by atoms with van der Waals surface area (Å²) in [7, 11) is 1.82. The normalized spacial score (nSPS) is 10.8. The van der Waals surface area contributed by atoms with E-state index >= 15 is 0 Å². The van der Waals surface area contributed by atoms with Gasteiger partial charge in [0.1, 0.15) is 5.69 Å². The second kappa shape index (κ2) is 4.59. The lowest BCUT2D eigenvalue weighted by Crippen LogP contribution is -2.06. The Morgan fingerprint density at radius 2 is 2.11 bits per heavy atom. The molecule has 2 aromatic heterocycles. The van der Waals surface area contributed by atoms with E-state index in [1.54, 1.807) is 9.36 Å². The zero-order valence-corrected chi connectivity index (χ0v) is 10.6. The maximum atomic E-state index is 11.0. The molecule has 2 rings (SSSR count). The van der Waals surface area contributed by atoms with Crippen molar-refractivity contribution < 1.29 is 9.90 Å². The molecule has 0 unspecified atom stereocenters. The molecule has 18 heavy (non-hydrogen) atoms. The van der Waals surface area contributed by atoms with Gasteiger partial charge in [0.2, 0.25) is 0 Å². The van der Waals surface area contributed by atoms with Gasteiger partial charge in [0.05, 0.1) is 17.6 Å². The molecule has 0 saturated heterocycles. The van der Waals surface area contributed by atoms with Crippen LogP contribution in [0.25, 0.3) is 5.69 Å². The van der Waals surface area contributed by atoms with Crippen LogP contribution in [0.15, 0.2) is 6.20 Å². The SMILES string of the molecule is CCc1nn(C)cc1-n1nnc(C(=O)O)c1CC. The predicted octanol–water partition coefficient (Wildman–Crippen LogP) is 0.824. The second-order valence-electron chi connectivity index (χ2n) is 3.94. The molecular weight excluding hydrogens is 234 g/mol. The molecule has 0 aromatic carbocycles. The fraction of sp³-hybridized carbons (Fsp3) is 0.455. The quantitative estimate of drug-likeness (QED) is 0.867. The minimum Gasteiger partial charge on any atom is -0.476 e. The summed E-state index contributed by atoms with van der Waals surface area (Å²) in [6.07, 6.45) is 3.12. The largest absolute Gasteiger partial charge is 0.476 e. The van der Waals surface area contributed by atoms with Gasteiger partial charge in [0, 0.05) is 7.05 Å². The van der Waals surface area contributed by atoms with Gasteiger partial charge in [0.15, 0.2) is 5.69 Å². The van der Waals surface area contributed by atoms with Gasteiger partial charge < -0.3 is 5.11 Å². The molecule has 0 aliphatic heterocycles. The van der Waals surface area contributed by atoms with E-state index in [9.17, 15) is 4.79 Å². The first-order chi connectivity index (χ1) is 8.58. The van der Waals surface area contributed by atoms with Crippen molar-refractivity contribution >= 4 is 5.97 Å². The van der Waals surface area contributed by atoms with Crippen LogP contribution in [-0.4, -0.2) is 35.9 Å². The Labute approximate surface area is 104 Å². The van der Waals surface area contributed by atoms with Gasteiger partial charge >= 0.3 is 5.97 Å². The smallest absolute Gasteiger partial charge is 0.358 e. The first kappa shape index (κ1) is 12.3. The number of hydrogen-bond acceptors (Lipinski definition) is 4. The highest BCUT2D eigenvalue weighted by Crippen LogP contribution is 2.17. The molecule has 0 fully saturated rings. The maximum absolute atomic E-state index is 11.0. The van der Waals surface area contributed by atoms with Crippen LogP contribution in [0.4, 0.5) is 0 Å². The van der Waals surface area contributed by atoms with Gasteiger partial charge in [-0.2, -0.15) is 5.10 Å². The van der Waals surface area contributed by atoms with Crippen molar-refractivity contribution in [3.05, 3.63) is 23.3 Å². The van der Waals surface area contributed by atoms with Crippen LogP contribution in [0.2, 0.25) is 0 Å². The summed E-state index contributed by atoms with van der Waals surface area (Å²) < 4.78 is 3.25. The Kier molecular flexibility index (Phi) is 3.14. The van der Waals surface area contributed by atoms with E-state index in [1.807, 2.05) is 27.1 Å². The number of nitrogens with zero attached hydrogens (tertiary/aromatic N) is 5. The number of aromatic carboxylic acids is 1.